The molecule has 0 saturated heterocycles. The molecule has 0 radical (unpaired) electrons. The lowest BCUT2D eigenvalue weighted by atomic mass is 9.96. The summed E-state index contributed by atoms with van der Waals surface area (Å²) in [7, 11) is 3.46. The minimum atomic E-state index is -0.638. The summed E-state index contributed by atoms with van der Waals surface area (Å²) in [5.74, 6) is 0.00530. The van der Waals surface area contributed by atoms with Gasteiger partial charge >= 0.3 is 0 Å². The number of nitrogens with zero attached hydrogens (tertiary/aromatic N) is 2. The number of carbonyl (C=O) groups is 1. The Morgan fingerprint density at radius 3 is 2.77 bits per heavy atom. The third kappa shape index (κ3) is 3.97. The first kappa shape index (κ1) is 20.8. The Hall–Kier alpha value is -3.42. The predicted octanol–water partition coefficient (Wildman–Crippen LogP) is 3.39. The van der Waals surface area contributed by atoms with E-state index in [9.17, 15) is 9.18 Å². The highest BCUT2D eigenvalue weighted by molar-refractivity contribution is 6.25. The lowest BCUT2D eigenvalue weighted by Crippen LogP contribution is -2.34. The van der Waals surface area contributed by atoms with Gasteiger partial charge in [0.25, 0.3) is 5.91 Å². The molecule has 2 aromatic rings. The van der Waals surface area contributed by atoms with Crippen LogP contribution < -0.4 is 15.8 Å². The first-order valence-corrected chi connectivity index (χ1v) is 10.3. The molecule has 1 aromatic carbocycles. The number of likely N-dealkylation sites (N-methyl/N-ethyl adjacent to an activating group) is 2. The SMILES string of the molecule is CN/C1=C(\C(=N)C2CC2)c2cnc(N)c(c2)OC(C)c2cc(F)ccc2C(=O)N(C)C1. The fourth-order valence-electron chi connectivity index (χ4n) is 3.87. The summed E-state index contributed by atoms with van der Waals surface area (Å²) >= 11 is 0. The van der Waals surface area contributed by atoms with Gasteiger partial charge in [-0.05, 0) is 44.0 Å². The van der Waals surface area contributed by atoms with Crippen LogP contribution in [0.4, 0.5) is 10.2 Å². The maximum atomic E-state index is 14.0. The van der Waals surface area contributed by atoms with Crippen molar-refractivity contribution in [3.8, 4) is 5.75 Å². The van der Waals surface area contributed by atoms with Crippen molar-refractivity contribution in [3.63, 3.8) is 0 Å². The largest absolute Gasteiger partial charge is 0.482 e. The third-order valence-corrected chi connectivity index (χ3v) is 5.76. The standard InChI is InChI=1S/C23H26FN5O2/c1-12-17-9-15(24)6-7-16(17)23(30)29(3)11-18(27-2)20(21(25)13-4-5-13)14-8-19(31-12)22(26)28-10-14/h6-10,12-13,25,27H,4-5,11H2,1-3H3,(H2,26,28)/b20-18-,25-21?. The second kappa shape index (κ2) is 8.02. The van der Waals surface area contributed by atoms with Crippen molar-refractivity contribution in [2.45, 2.75) is 25.9 Å². The Bertz CT molecular complexity index is 1090. The molecule has 162 valence electrons. The van der Waals surface area contributed by atoms with Crippen LogP contribution in [0, 0.1) is 17.1 Å². The van der Waals surface area contributed by atoms with Crippen molar-refractivity contribution in [2.75, 3.05) is 26.4 Å². The molecule has 1 amide bonds. The Kier molecular flexibility index (Phi) is 5.39. The van der Waals surface area contributed by atoms with Gasteiger partial charge in [0.05, 0.1) is 6.54 Å². The van der Waals surface area contributed by atoms with E-state index >= 15 is 0 Å². The minimum absolute atomic E-state index is 0.191. The van der Waals surface area contributed by atoms with Gasteiger partial charge in [0.15, 0.2) is 11.6 Å². The van der Waals surface area contributed by atoms with Gasteiger partial charge in [-0.3, -0.25) is 4.79 Å². The number of allylic oxidation sites excluding steroid dienone is 1. The summed E-state index contributed by atoms with van der Waals surface area (Å²) in [6.45, 7) is 2.00. The summed E-state index contributed by atoms with van der Waals surface area (Å²) < 4.78 is 20.1. The van der Waals surface area contributed by atoms with E-state index in [1.807, 2.05) is 0 Å². The molecule has 7 nitrogen and oxygen atoms in total. The van der Waals surface area contributed by atoms with Crippen LogP contribution in [0.15, 0.2) is 36.2 Å². The number of rotatable bonds is 3. The summed E-state index contributed by atoms with van der Waals surface area (Å²) in [6.07, 6.45) is 2.92. The van der Waals surface area contributed by atoms with Crippen LogP contribution in [-0.2, 0) is 0 Å². The van der Waals surface area contributed by atoms with Crippen molar-refractivity contribution in [1.82, 2.24) is 15.2 Å². The Morgan fingerprint density at radius 1 is 1.35 bits per heavy atom. The first-order chi connectivity index (χ1) is 14.8. The Balaban J connectivity index is 1.93. The molecule has 1 unspecified atom stereocenters. The van der Waals surface area contributed by atoms with E-state index in [1.165, 1.54) is 18.2 Å². The van der Waals surface area contributed by atoms with Crippen LogP contribution in [0.5, 0.6) is 5.75 Å². The van der Waals surface area contributed by atoms with E-state index in [1.54, 1.807) is 38.2 Å². The topological polar surface area (TPSA) is 104 Å². The van der Waals surface area contributed by atoms with E-state index in [0.717, 1.165) is 18.5 Å². The smallest absolute Gasteiger partial charge is 0.254 e. The average Bonchev–Trinajstić information content (AvgIpc) is 3.59. The molecule has 1 aliphatic carbocycles. The van der Waals surface area contributed by atoms with Gasteiger partial charge in [-0.25, -0.2) is 9.37 Å². The fourth-order valence-corrected chi connectivity index (χ4v) is 3.87. The number of halogens is 1. The summed E-state index contributed by atoms with van der Waals surface area (Å²) in [5.41, 5.74) is 9.49. The molecular weight excluding hydrogens is 397 g/mol. The van der Waals surface area contributed by atoms with Crippen molar-refractivity contribution in [2.24, 2.45) is 5.92 Å². The van der Waals surface area contributed by atoms with Gasteiger partial charge in [-0.2, -0.15) is 0 Å². The Labute approximate surface area is 180 Å². The van der Waals surface area contributed by atoms with E-state index in [2.05, 4.69) is 10.3 Å². The van der Waals surface area contributed by atoms with Gasteiger partial charge in [0, 0.05) is 59.9 Å². The minimum Gasteiger partial charge on any atom is -0.482 e. The number of anilines is 1. The van der Waals surface area contributed by atoms with Crippen LogP contribution in [0.25, 0.3) is 5.57 Å². The van der Waals surface area contributed by atoms with Crippen LogP contribution in [0.3, 0.4) is 0 Å². The molecular formula is C23H26FN5O2. The number of carbonyl (C=O) groups excluding carboxylic acids is 1. The second-order valence-electron chi connectivity index (χ2n) is 8.05. The molecule has 1 aliphatic heterocycles. The molecule has 4 N–H and O–H groups in total. The molecule has 1 fully saturated rings. The highest BCUT2D eigenvalue weighted by Crippen LogP contribution is 2.38. The van der Waals surface area contributed by atoms with Crippen molar-refractivity contribution in [3.05, 3.63) is 58.7 Å². The zero-order valence-corrected chi connectivity index (χ0v) is 17.8. The molecule has 0 spiro atoms. The van der Waals surface area contributed by atoms with Gasteiger partial charge in [-0.1, -0.05) is 0 Å². The molecule has 31 heavy (non-hydrogen) atoms. The number of nitrogens with two attached hydrogens (primary N) is 1. The number of hydrogen-bond donors (Lipinski definition) is 3. The zero-order chi connectivity index (χ0) is 22.3. The number of nitrogen functional groups attached to an aromatic ring is 1. The number of benzene rings is 1. The van der Waals surface area contributed by atoms with E-state index in [0.29, 0.717) is 33.7 Å². The van der Waals surface area contributed by atoms with Crippen molar-refractivity contribution in [1.29, 1.82) is 5.41 Å². The van der Waals surface area contributed by atoms with E-state index in [-0.39, 0.29) is 24.2 Å². The van der Waals surface area contributed by atoms with Crippen molar-refractivity contribution < 1.29 is 13.9 Å². The number of aromatic nitrogens is 1. The summed E-state index contributed by atoms with van der Waals surface area (Å²) in [6, 6.07) is 5.82. The number of amides is 1. The van der Waals surface area contributed by atoms with Crippen LogP contribution >= 0.6 is 0 Å². The zero-order valence-electron chi connectivity index (χ0n) is 17.8. The molecule has 1 atom stereocenters. The molecule has 2 heterocycles. The number of fused-ring (bicyclic) bond motifs is 3. The molecule has 2 bridgehead atoms. The van der Waals surface area contributed by atoms with Crippen LogP contribution in [0.2, 0.25) is 0 Å². The number of hydrogen-bond acceptors (Lipinski definition) is 6. The molecule has 2 aliphatic rings. The quantitative estimate of drug-likeness (QED) is 0.657. The maximum Gasteiger partial charge on any atom is 0.254 e. The third-order valence-electron chi connectivity index (χ3n) is 5.76. The maximum absolute atomic E-state index is 14.0. The van der Waals surface area contributed by atoms with E-state index < -0.39 is 11.9 Å². The normalized spacial score (nSPS) is 21.5. The van der Waals surface area contributed by atoms with E-state index in [4.69, 9.17) is 15.9 Å². The second-order valence-corrected chi connectivity index (χ2v) is 8.05. The highest BCUT2D eigenvalue weighted by atomic mass is 19.1. The first-order valence-electron chi connectivity index (χ1n) is 10.3. The molecule has 1 aromatic heterocycles. The average molecular weight is 423 g/mol. The number of pyridine rings is 1. The fraction of sp³-hybridized carbons (Fsp3) is 0.348. The van der Waals surface area contributed by atoms with Gasteiger partial charge in [-0.15, -0.1) is 0 Å². The lowest BCUT2D eigenvalue weighted by Gasteiger charge is -2.26. The van der Waals surface area contributed by atoms with Crippen LogP contribution in [0.1, 0.15) is 47.4 Å². The molecule has 8 heteroatoms. The number of ether oxygens (including phenoxy) is 1. The predicted molar refractivity (Wildman–Crippen MR) is 117 cm³/mol. The van der Waals surface area contributed by atoms with Gasteiger partial charge in [0.2, 0.25) is 0 Å². The lowest BCUT2D eigenvalue weighted by molar-refractivity contribution is 0.0800. The Morgan fingerprint density at radius 2 is 2.10 bits per heavy atom. The van der Waals surface area contributed by atoms with Gasteiger partial charge in [0.1, 0.15) is 11.9 Å². The summed E-state index contributed by atoms with van der Waals surface area (Å²) in [5, 5.41) is 11.9. The molecule has 1 saturated carbocycles. The molecule has 4 rings (SSSR count). The van der Waals surface area contributed by atoms with Crippen LogP contribution in [-0.4, -0.2) is 42.1 Å². The van der Waals surface area contributed by atoms with Gasteiger partial charge < -0.3 is 26.1 Å². The highest BCUT2D eigenvalue weighted by Gasteiger charge is 2.32. The van der Waals surface area contributed by atoms with Crippen molar-refractivity contribution >= 4 is 23.0 Å². The summed E-state index contributed by atoms with van der Waals surface area (Å²) in [4.78, 5) is 19.1. The number of nitrogens with one attached hydrogen (secondary N) is 2. The monoisotopic (exact) mass is 423 g/mol.